The third-order valence-electron chi connectivity index (χ3n) is 2.79. The Kier molecular flexibility index (Phi) is 5.52. The molecule has 2 rings (SSSR count). The van der Waals surface area contributed by atoms with Gasteiger partial charge in [0.15, 0.2) is 0 Å². The minimum Gasteiger partial charge on any atom is -0.267 e. The molecule has 0 N–H and O–H groups in total. The Morgan fingerprint density at radius 1 is 1.10 bits per heavy atom. The van der Waals surface area contributed by atoms with Crippen LogP contribution < -0.4 is 0 Å². The van der Waals surface area contributed by atoms with Crippen molar-refractivity contribution in [3.8, 4) is 0 Å². The quantitative estimate of drug-likeness (QED) is 0.731. The van der Waals surface area contributed by atoms with Gasteiger partial charge in [0.1, 0.15) is 5.84 Å². The number of amidine groups is 1. The van der Waals surface area contributed by atoms with E-state index >= 15 is 0 Å². The van der Waals surface area contributed by atoms with Gasteiger partial charge in [0, 0.05) is 15.4 Å². The van der Waals surface area contributed by atoms with E-state index in [1.54, 1.807) is 0 Å². The standard InChI is InChI=1S/C18H18N2S/c1-14-10-6-5-9-13-19-16(3)20-18(15(2)21-14)17-11-7-4-8-12-17/h4-12H,1-2,13H2,3H3/b9-5-,10-6-,19-16?,20-18?. The summed E-state index contributed by atoms with van der Waals surface area (Å²) in [5, 5.41) is 0. The molecule has 1 aliphatic rings. The van der Waals surface area contributed by atoms with Crippen molar-refractivity contribution < 1.29 is 0 Å². The Morgan fingerprint density at radius 2 is 1.86 bits per heavy atom. The Morgan fingerprint density at radius 3 is 2.62 bits per heavy atom. The van der Waals surface area contributed by atoms with Crippen LogP contribution >= 0.6 is 11.8 Å². The van der Waals surface area contributed by atoms with Gasteiger partial charge in [0.05, 0.1) is 12.3 Å². The molecule has 0 bridgehead atoms. The van der Waals surface area contributed by atoms with Gasteiger partial charge < -0.3 is 0 Å². The molecular weight excluding hydrogens is 276 g/mol. The second-order valence-corrected chi connectivity index (χ2v) is 5.71. The van der Waals surface area contributed by atoms with Crippen LogP contribution in [0.1, 0.15) is 12.5 Å². The summed E-state index contributed by atoms with van der Waals surface area (Å²) >= 11 is 1.52. The molecule has 1 aromatic rings. The lowest BCUT2D eigenvalue weighted by atomic mass is 10.1. The van der Waals surface area contributed by atoms with Crippen LogP contribution in [0.2, 0.25) is 0 Å². The summed E-state index contributed by atoms with van der Waals surface area (Å²) in [6.45, 7) is 10.7. The molecule has 0 unspecified atom stereocenters. The molecule has 0 amide bonds. The Bertz CT molecular complexity index is 649. The van der Waals surface area contributed by atoms with E-state index in [1.807, 2.05) is 61.6 Å². The van der Waals surface area contributed by atoms with Crippen LogP contribution in [0.4, 0.5) is 0 Å². The minimum absolute atomic E-state index is 0.619. The first kappa shape index (κ1) is 15.3. The number of hydrogen-bond acceptors (Lipinski definition) is 3. The van der Waals surface area contributed by atoms with Crippen molar-refractivity contribution >= 4 is 23.3 Å². The molecule has 0 atom stereocenters. The predicted molar refractivity (Wildman–Crippen MR) is 95.1 cm³/mol. The topological polar surface area (TPSA) is 24.7 Å². The Hall–Kier alpha value is -2.13. The van der Waals surface area contributed by atoms with Crippen molar-refractivity contribution in [2.75, 3.05) is 6.54 Å². The van der Waals surface area contributed by atoms with E-state index in [-0.39, 0.29) is 0 Å². The summed E-state index contributed by atoms with van der Waals surface area (Å²) in [5.74, 6) is 0.746. The van der Waals surface area contributed by atoms with Gasteiger partial charge in [0.2, 0.25) is 0 Å². The van der Waals surface area contributed by atoms with Crippen LogP contribution in [0.3, 0.4) is 0 Å². The molecule has 0 aromatic heterocycles. The normalized spacial score (nSPS) is 19.9. The molecule has 21 heavy (non-hydrogen) atoms. The lowest BCUT2D eigenvalue weighted by Gasteiger charge is -2.10. The van der Waals surface area contributed by atoms with Crippen LogP contribution in [-0.4, -0.2) is 18.1 Å². The highest BCUT2D eigenvalue weighted by Crippen LogP contribution is 2.27. The van der Waals surface area contributed by atoms with E-state index in [9.17, 15) is 0 Å². The molecule has 1 aromatic carbocycles. The van der Waals surface area contributed by atoms with E-state index in [0.29, 0.717) is 6.54 Å². The fraction of sp³-hybridized carbons (Fsp3) is 0.111. The van der Waals surface area contributed by atoms with Crippen molar-refractivity contribution in [2.24, 2.45) is 9.98 Å². The maximum Gasteiger partial charge on any atom is 0.121 e. The molecule has 0 saturated carbocycles. The zero-order chi connectivity index (χ0) is 15.1. The van der Waals surface area contributed by atoms with Gasteiger partial charge in [-0.3, -0.25) is 4.99 Å². The first-order valence-corrected chi connectivity index (χ1v) is 7.53. The van der Waals surface area contributed by atoms with Gasteiger partial charge in [-0.2, -0.15) is 0 Å². The number of allylic oxidation sites excluding steroid dienone is 4. The van der Waals surface area contributed by atoms with E-state index < -0.39 is 0 Å². The van der Waals surface area contributed by atoms with Crippen LogP contribution in [0.15, 0.2) is 87.6 Å². The summed E-state index contributed by atoms with van der Waals surface area (Å²) in [7, 11) is 0. The zero-order valence-electron chi connectivity index (χ0n) is 12.1. The molecule has 3 heteroatoms. The first-order chi connectivity index (χ1) is 10.2. The van der Waals surface area contributed by atoms with Crippen molar-refractivity contribution in [3.05, 3.63) is 83.2 Å². The summed E-state index contributed by atoms with van der Waals surface area (Å²) in [4.78, 5) is 10.9. The maximum absolute atomic E-state index is 4.64. The maximum atomic E-state index is 4.64. The highest BCUT2D eigenvalue weighted by Gasteiger charge is 2.10. The van der Waals surface area contributed by atoms with Crippen molar-refractivity contribution in [1.29, 1.82) is 0 Å². The average molecular weight is 294 g/mol. The second kappa shape index (κ2) is 7.60. The van der Waals surface area contributed by atoms with Gasteiger partial charge in [-0.15, -0.1) is 0 Å². The number of thioether (sulfide) groups is 1. The van der Waals surface area contributed by atoms with E-state index in [0.717, 1.165) is 26.9 Å². The van der Waals surface area contributed by atoms with Gasteiger partial charge >= 0.3 is 0 Å². The van der Waals surface area contributed by atoms with Gasteiger partial charge in [-0.1, -0.05) is 73.5 Å². The highest BCUT2D eigenvalue weighted by atomic mass is 32.2. The zero-order valence-corrected chi connectivity index (χ0v) is 12.9. The summed E-state index contributed by atoms with van der Waals surface area (Å²) in [6, 6.07) is 10.0. The SMILES string of the molecule is C=C1/C=C\C=C/CN=C(C)N=C(c2ccccc2)C(=C)S1. The molecule has 0 spiro atoms. The average Bonchev–Trinajstić information content (AvgIpc) is 2.48. The molecule has 2 nitrogen and oxygen atoms in total. The fourth-order valence-electron chi connectivity index (χ4n) is 1.81. The Labute approximate surface area is 130 Å². The summed E-state index contributed by atoms with van der Waals surface area (Å²) < 4.78 is 0. The second-order valence-electron chi connectivity index (χ2n) is 4.49. The molecule has 0 aliphatic carbocycles. The van der Waals surface area contributed by atoms with Crippen LogP contribution in [0, 0.1) is 0 Å². The van der Waals surface area contributed by atoms with Crippen molar-refractivity contribution in [1.82, 2.24) is 0 Å². The Balaban J connectivity index is 2.43. The lowest BCUT2D eigenvalue weighted by molar-refractivity contribution is 1.22. The first-order valence-electron chi connectivity index (χ1n) is 6.71. The molecule has 1 heterocycles. The molecule has 0 fully saturated rings. The highest BCUT2D eigenvalue weighted by molar-refractivity contribution is 8.07. The lowest BCUT2D eigenvalue weighted by Crippen LogP contribution is -2.05. The number of hydrogen-bond donors (Lipinski definition) is 0. The molecule has 1 aliphatic heterocycles. The molecule has 0 saturated heterocycles. The fourth-order valence-corrected chi connectivity index (χ4v) is 2.53. The van der Waals surface area contributed by atoms with Crippen molar-refractivity contribution in [3.63, 3.8) is 0 Å². The summed E-state index contributed by atoms with van der Waals surface area (Å²) in [6.07, 6.45) is 7.89. The molecule has 0 radical (unpaired) electrons. The molecular formula is C18H18N2S. The van der Waals surface area contributed by atoms with Gasteiger partial charge in [0.25, 0.3) is 0 Å². The van der Waals surface area contributed by atoms with E-state index in [1.165, 1.54) is 11.8 Å². The van der Waals surface area contributed by atoms with Gasteiger partial charge in [-0.25, -0.2) is 4.99 Å². The molecule has 106 valence electrons. The number of benzene rings is 1. The largest absolute Gasteiger partial charge is 0.267 e. The third-order valence-corrected chi connectivity index (χ3v) is 3.63. The smallest absolute Gasteiger partial charge is 0.121 e. The van der Waals surface area contributed by atoms with Crippen LogP contribution in [0.25, 0.3) is 0 Å². The van der Waals surface area contributed by atoms with E-state index in [2.05, 4.69) is 23.1 Å². The third kappa shape index (κ3) is 4.72. The van der Waals surface area contributed by atoms with Crippen LogP contribution in [0.5, 0.6) is 0 Å². The number of nitrogens with zero attached hydrogens (tertiary/aromatic N) is 2. The van der Waals surface area contributed by atoms with Crippen molar-refractivity contribution in [2.45, 2.75) is 6.92 Å². The van der Waals surface area contributed by atoms with Crippen LogP contribution in [-0.2, 0) is 0 Å². The van der Waals surface area contributed by atoms with Gasteiger partial charge in [-0.05, 0) is 13.0 Å². The summed E-state index contributed by atoms with van der Waals surface area (Å²) in [5.41, 5.74) is 1.88. The number of aliphatic imine (C=N–C) groups is 2. The monoisotopic (exact) mass is 294 g/mol. The minimum atomic E-state index is 0.619. The number of rotatable bonds is 1. The predicted octanol–water partition coefficient (Wildman–Crippen LogP) is 4.78. The van der Waals surface area contributed by atoms with E-state index in [4.69, 9.17) is 0 Å².